The molecule has 0 bridgehead atoms. The van der Waals surface area contributed by atoms with E-state index in [4.69, 9.17) is 0 Å². The van der Waals surface area contributed by atoms with E-state index in [0.29, 0.717) is 0 Å². The second-order valence-electron chi connectivity index (χ2n) is 6.31. The van der Waals surface area contributed by atoms with E-state index in [9.17, 15) is 0 Å². The summed E-state index contributed by atoms with van der Waals surface area (Å²) in [5.41, 5.74) is 6.53. The van der Waals surface area contributed by atoms with E-state index in [-0.39, 0.29) is 0 Å². The molecule has 0 nitrogen and oxygen atoms in total. The van der Waals surface area contributed by atoms with E-state index in [1.807, 2.05) is 6.92 Å². The van der Waals surface area contributed by atoms with Crippen molar-refractivity contribution in [2.75, 3.05) is 0 Å². The van der Waals surface area contributed by atoms with Crippen LogP contribution in [0.25, 0.3) is 5.57 Å². The van der Waals surface area contributed by atoms with Crippen LogP contribution in [0.5, 0.6) is 0 Å². The molecule has 0 radical (unpaired) electrons. The molecule has 2 aromatic carbocycles. The van der Waals surface area contributed by atoms with Crippen molar-refractivity contribution in [2.24, 2.45) is 0 Å². The average molecular weight is 328 g/mol. The molecule has 0 heterocycles. The minimum atomic E-state index is 0.911. The highest BCUT2D eigenvalue weighted by Crippen LogP contribution is 2.20. The van der Waals surface area contributed by atoms with E-state index >= 15 is 0 Å². The first-order valence-corrected chi connectivity index (χ1v) is 8.96. The molecule has 0 aliphatic heterocycles. The third-order valence-electron chi connectivity index (χ3n) is 4.10. The summed E-state index contributed by atoms with van der Waals surface area (Å²) in [6.45, 7) is 9.49. The fourth-order valence-corrected chi connectivity index (χ4v) is 2.84. The van der Waals surface area contributed by atoms with Crippen molar-refractivity contribution in [1.82, 2.24) is 0 Å². The van der Waals surface area contributed by atoms with Gasteiger partial charge in [0, 0.05) is 0 Å². The van der Waals surface area contributed by atoms with Gasteiger partial charge in [0.2, 0.25) is 0 Å². The SMILES string of the molecule is C=C(Cc1ccccc1)c1ccc(CC2=CCCC=C2)cc1.C=CC. The van der Waals surface area contributed by atoms with Gasteiger partial charge in [0.1, 0.15) is 0 Å². The molecule has 0 fully saturated rings. The van der Waals surface area contributed by atoms with Crippen molar-refractivity contribution in [2.45, 2.75) is 32.6 Å². The molecule has 0 aromatic heterocycles. The van der Waals surface area contributed by atoms with E-state index in [1.165, 1.54) is 40.7 Å². The maximum absolute atomic E-state index is 4.24. The van der Waals surface area contributed by atoms with Crippen molar-refractivity contribution in [1.29, 1.82) is 0 Å². The van der Waals surface area contributed by atoms with Gasteiger partial charge < -0.3 is 0 Å². The normalized spacial score (nSPS) is 12.6. The van der Waals surface area contributed by atoms with Gasteiger partial charge in [-0.1, -0.05) is 85.5 Å². The molecule has 0 heteroatoms. The molecule has 128 valence electrons. The van der Waals surface area contributed by atoms with E-state index < -0.39 is 0 Å². The molecule has 0 saturated heterocycles. The summed E-state index contributed by atoms with van der Waals surface area (Å²) in [7, 11) is 0. The lowest BCUT2D eigenvalue weighted by atomic mass is 9.96. The average Bonchev–Trinajstić information content (AvgIpc) is 2.65. The lowest BCUT2D eigenvalue weighted by molar-refractivity contribution is 0.994. The summed E-state index contributed by atoms with van der Waals surface area (Å²) in [5.74, 6) is 0. The molecule has 0 amide bonds. The van der Waals surface area contributed by atoms with E-state index in [2.05, 4.69) is 86.0 Å². The highest BCUT2D eigenvalue weighted by atomic mass is 14.1. The first-order valence-electron chi connectivity index (χ1n) is 8.96. The number of hydrogen-bond donors (Lipinski definition) is 0. The summed E-state index contributed by atoms with van der Waals surface area (Å²) in [5, 5.41) is 0. The molecule has 0 atom stereocenters. The lowest BCUT2D eigenvalue weighted by Crippen LogP contribution is -1.93. The van der Waals surface area contributed by atoms with Crippen LogP contribution in [-0.2, 0) is 12.8 Å². The number of rotatable bonds is 5. The van der Waals surface area contributed by atoms with Crippen molar-refractivity contribution in [3.05, 3.63) is 114 Å². The van der Waals surface area contributed by atoms with Crippen LogP contribution in [0.15, 0.2) is 97.6 Å². The van der Waals surface area contributed by atoms with Gasteiger partial charge >= 0.3 is 0 Å². The Morgan fingerprint density at radius 3 is 2.24 bits per heavy atom. The highest BCUT2D eigenvalue weighted by Gasteiger charge is 2.03. The Balaban J connectivity index is 0.000000701. The Kier molecular flexibility index (Phi) is 7.72. The van der Waals surface area contributed by atoms with Crippen LogP contribution in [0.2, 0.25) is 0 Å². The minimum Gasteiger partial charge on any atom is -0.103 e. The second-order valence-corrected chi connectivity index (χ2v) is 6.31. The Bertz CT molecular complexity index is 727. The highest BCUT2D eigenvalue weighted by molar-refractivity contribution is 5.65. The quantitative estimate of drug-likeness (QED) is 0.521. The van der Waals surface area contributed by atoms with Gasteiger partial charge in [0.15, 0.2) is 0 Å². The van der Waals surface area contributed by atoms with Crippen LogP contribution >= 0.6 is 0 Å². The standard InChI is InChI=1S/C22H22.C3H6/c1-18(16-19-8-4-2-5-9-19)22-14-12-21(13-15-22)17-20-10-6-3-7-11-20;1-3-2/h2,4-6,8-15H,1,3,7,16-17H2;3H,1H2,2H3. The molecule has 1 aliphatic carbocycles. The minimum absolute atomic E-state index is 0.911. The molecule has 2 aromatic rings. The van der Waals surface area contributed by atoms with E-state index in [0.717, 1.165) is 12.8 Å². The van der Waals surface area contributed by atoms with Crippen LogP contribution < -0.4 is 0 Å². The first-order chi connectivity index (χ1) is 12.2. The Labute approximate surface area is 152 Å². The molecular formula is C25H28. The summed E-state index contributed by atoms with van der Waals surface area (Å²) in [6, 6.07) is 19.4. The Morgan fingerprint density at radius 2 is 1.64 bits per heavy atom. The van der Waals surface area contributed by atoms with Gasteiger partial charge in [-0.2, -0.15) is 0 Å². The van der Waals surface area contributed by atoms with Crippen LogP contribution in [0, 0.1) is 0 Å². The maximum atomic E-state index is 4.24. The van der Waals surface area contributed by atoms with E-state index in [1.54, 1.807) is 6.08 Å². The molecule has 1 aliphatic rings. The fourth-order valence-electron chi connectivity index (χ4n) is 2.84. The predicted octanol–water partition coefficient (Wildman–Crippen LogP) is 6.95. The smallest absolute Gasteiger partial charge is 0.00257 e. The van der Waals surface area contributed by atoms with Gasteiger partial charge in [-0.15, -0.1) is 6.58 Å². The summed E-state index contributed by atoms with van der Waals surface area (Å²) in [4.78, 5) is 0. The van der Waals surface area contributed by atoms with Gasteiger partial charge in [-0.25, -0.2) is 0 Å². The van der Waals surface area contributed by atoms with Gasteiger partial charge in [-0.3, -0.25) is 0 Å². The number of allylic oxidation sites excluding steroid dienone is 6. The predicted molar refractivity (Wildman–Crippen MR) is 112 cm³/mol. The molecule has 0 saturated carbocycles. The van der Waals surface area contributed by atoms with Crippen LogP contribution in [0.4, 0.5) is 0 Å². The van der Waals surface area contributed by atoms with Gasteiger partial charge in [0.05, 0.1) is 0 Å². The molecule has 0 spiro atoms. The van der Waals surface area contributed by atoms with Crippen molar-refractivity contribution >= 4 is 5.57 Å². The molecular weight excluding hydrogens is 300 g/mol. The van der Waals surface area contributed by atoms with Crippen molar-refractivity contribution in [3.63, 3.8) is 0 Å². The zero-order valence-corrected chi connectivity index (χ0v) is 15.2. The Hall–Kier alpha value is -2.60. The largest absolute Gasteiger partial charge is 0.103 e. The summed E-state index contributed by atoms with van der Waals surface area (Å²) in [6.07, 6.45) is 12.9. The number of benzene rings is 2. The summed E-state index contributed by atoms with van der Waals surface area (Å²) >= 11 is 0. The van der Waals surface area contributed by atoms with Crippen molar-refractivity contribution in [3.8, 4) is 0 Å². The van der Waals surface area contributed by atoms with Gasteiger partial charge in [0.25, 0.3) is 0 Å². The zero-order chi connectivity index (χ0) is 17.9. The zero-order valence-electron chi connectivity index (χ0n) is 15.2. The topological polar surface area (TPSA) is 0 Å². The second kappa shape index (κ2) is 10.3. The molecule has 25 heavy (non-hydrogen) atoms. The Morgan fingerprint density at radius 1 is 0.960 bits per heavy atom. The fraction of sp³-hybridized carbons (Fsp3) is 0.200. The number of hydrogen-bond acceptors (Lipinski definition) is 0. The van der Waals surface area contributed by atoms with Crippen LogP contribution in [0.3, 0.4) is 0 Å². The van der Waals surface area contributed by atoms with Gasteiger partial charge in [-0.05, 0) is 60.4 Å². The third-order valence-corrected chi connectivity index (χ3v) is 4.10. The maximum Gasteiger partial charge on any atom is -0.00257 e. The molecule has 3 rings (SSSR count). The molecule has 0 N–H and O–H groups in total. The monoisotopic (exact) mass is 328 g/mol. The lowest BCUT2D eigenvalue weighted by Gasteiger charge is -2.10. The van der Waals surface area contributed by atoms with Crippen LogP contribution in [-0.4, -0.2) is 0 Å². The van der Waals surface area contributed by atoms with Crippen molar-refractivity contribution < 1.29 is 0 Å². The summed E-state index contributed by atoms with van der Waals surface area (Å²) < 4.78 is 0. The van der Waals surface area contributed by atoms with Crippen LogP contribution in [0.1, 0.15) is 36.5 Å². The first kappa shape index (κ1) is 18.7. The third kappa shape index (κ3) is 6.43. The molecule has 0 unspecified atom stereocenters.